The van der Waals surface area contributed by atoms with Crippen LogP contribution in [0.3, 0.4) is 0 Å². The van der Waals surface area contributed by atoms with Gasteiger partial charge in [0.1, 0.15) is 22.4 Å². The monoisotopic (exact) mass is 357 g/mol. The molecule has 0 saturated carbocycles. The number of fused-ring (bicyclic) bond motifs is 1. The molecule has 1 atom stereocenters. The van der Waals surface area contributed by atoms with Crippen molar-refractivity contribution in [2.45, 2.75) is 53.9 Å². The molecule has 0 unspecified atom stereocenters. The molecule has 0 aromatic carbocycles. The Morgan fingerprint density at radius 2 is 2.12 bits per heavy atom. The molecule has 1 N–H and O–H groups in total. The first-order valence-electron chi connectivity index (χ1n) is 8.51. The number of nitrogens with one attached hydrogen (secondary N) is 1. The highest BCUT2D eigenvalue weighted by Crippen LogP contribution is 2.44. The van der Waals surface area contributed by atoms with Crippen molar-refractivity contribution in [3.8, 4) is 6.07 Å². The summed E-state index contributed by atoms with van der Waals surface area (Å²) in [5.74, 6) is 0.817. The van der Waals surface area contributed by atoms with Gasteiger partial charge in [-0.05, 0) is 50.0 Å². The SMILES string of the molecule is Cc1noc(C)c1C(=O)Nc1sc2c(c1C#N)CC[C@@H](C(C)(C)C)C2. The van der Waals surface area contributed by atoms with Crippen molar-refractivity contribution in [3.63, 3.8) is 0 Å². The van der Waals surface area contributed by atoms with Crippen LogP contribution in [0.1, 0.15) is 65.0 Å². The number of aryl methyl sites for hydroxylation is 2. The Bertz CT molecular complexity index is 845. The molecule has 0 radical (unpaired) electrons. The molecule has 2 aromatic heterocycles. The van der Waals surface area contributed by atoms with Crippen LogP contribution < -0.4 is 5.32 Å². The number of aromatic nitrogens is 1. The summed E-state index contributed by atoms with van der Waals surface area (Å²) in [5.41, 5.74) is 2.98. The molecular formula is C19H23N3O2S. The second-order valence-corrected chi connectivity index (χ2v) is 8.88. The standard InChI is InChI=1S/C19H23N3O2S/c1-10-16(11(2)24-22-10)17(23)21-18-14(9-20)13-7-6-12(19(3,4)5)8-15(13)25-18/h12H,6-8H2,1-5H3,(H,21,23)/t12-/m1/s1. The van der Waals surface area contributed by atoms with E-state index >= 15 is 0 Å². The van der Waals surface area contributed by atoms with Gasteiger partial charge in [-0.2, -0.15) is 5.26 Å². The van der Waals surface area contributed by atoms with Crippen molar-refractivity contribution in [2.24, 2.45) is 11.3 Å². The third-order valence-electron chi connectivity index (χ3n) is 5.09. The van der Waals surface area contributed by atoms with Crippen LogP contribution in [0.4, 0.5) is 5.00 Å². The van der Waals surface area contributed by atoms with Crippen molar-refractivity contribution in [2.75, 3.05) is 5.32 Å². The lowest BCUT2D eigenvalue weighted by atomic mass is 9.72. The lowest BCUT2D eigenvalue weighted by Gasteiger charge is -2.33. The Morgan fingerprint density at radius 3 is 2.68 bits per heavy atom. The molecule has 1 amide bonds. The predicted molar refractivity (Wildman–Crippen MR) is 97.9 cm³/mol. The first-order valence-corrected chi connectivity index (χ1v) is 9.33. The molecule has 0 spiro atoms. The van der Waals surface area contributed by atoms with Crippen LogP contribution in [0.5, 0.6) is 0 Å². The molecule has 5 nitrogen and oxygen atoms in total. The van der Waals surface area contributed by atoms with Gasteiger partial charge in [0.2, 0.25) is 0 Å². The Hall–Kier alpha value is -2.13. The Balaban J connectivity index is 1.91. The van der Waals surface area contributed by atoms with E-state index in [4.69, 9.17) is 4.52 Å². The number of nitriles is 1. The minimum absolute atomic E-state index is 0.245. The molecule has 1 aliphatic carbocycles. The predicted octanol–water partition coefficient (Wildman–Crippen LogP) is 4.63. The van der Waals surface area contributed by atoms with Gasteiger partial charge in [-0.1, -0.05) is 25.9 Å². The molecule has 0 bridgehead atoms. The number of rotatable bonds is 2. The van der Waals surface area contributed by atoms with E-state index in [0.717, 1.165) is 24.8 Å². The first kappa shape index (κ1) is 17.7. The normalized spacial score (nSPS) is 17.0. The number of carbonyl (C=O) groups excluding carboxylic acids is 1. The zero-order valence-electron chi connectivity index (χ0n) is 15.3. The number of hydrogen-bond acceptors (Lipinski definition) is 5. The molecule has 6 heteroatoms. The molecule has 0 saturated heterocycles. The van der Waals surface area contributed by atoms with Crippen LogP contribution in [-0.4, -0.2) is 11.1 Å². The molecular weight excluding hydrogens is 334 g/mol. The molecule has 0 aliphatic heterocycles. The molecule has 3 rings (SSSR count). The Kier molecular flexibility index (Phi) is 4.46. The second-order valence-electron chi connectivity index (χ2n) is 7.78. The summed E-state index contributed by atoms with van der Waals surface area (Å²) < 4.78 is 5.07. The van der Waals surface area contributed by atoms with Gasteiger partial charge in [0.15, 0.2) is 0 Å². The summed E-state index contributed by atoms with van der Waals surface area (Å²) in [7, 11) is 0. The highest BCUT2D eigenvalue weighted by Gasteiger charge is 2.32. The smallest absolute Gasteiger partial charge is 0.261 e. The lowest BCUT2D eigenvalue weighted by Crippen LogP contribution is -2.26. The van der Waals surface area contributed by atoms with E-state index in [9.17, 15) is 10.1 Å². The fourth-order valence-electron chi connectivity index (χ4n) is 3.50. The average Bonchev–Trinajstić information content (AvgIpc) is 3.04. The van der Waals surface area contributed by atoms with Gasteiger partial charge < -0.3 is 9.84 Å². The van der Waals surface area contributed by atoms with Crippen LogP contribution in [0.15, 0.2) is 4.52 Å². The number of anilines is 1. The number of amides is 1. The Morgan fingerprint density at radius 1 is 1.40 bits per heavy atom. The third-order valence-corrected chi connectivity index (χ3v) is 6.26. The van der Waals surface area contributed by atoms with E-state index in [2.05, 4.69) is 37.3 Å². The summed E-state index contributed by atoms with van der Waals surface area (Å²) in [6.07, 6.45) is 2.95. The zero-order chi connectivity index (χ0) is 18.4. The lowest BCUT2D eigenvalue weighted by molar-refractivity contribution is 0.102. The maximum absolute atomic E-state index is 12.6. The maximum atomic E-state index is 12.6. The van der Waals surface area contributed by atoms with Crippen molar-refractivity contribution >= 4 is 22.2 Å². The summed E-state index contributed by atoms with van der Waals surface area (Å²) >= 11 is 1.54. The first-order chi connectivity index (χ1) is 11.7. The van der Waals surface area contributed by atoms with Crippen LogP contribution in [-0.2, 0) is 12.8 Å². The number of thiophene rings is 1. The van der Waals surface area contributed by atoms with Gasteiger partial charge in [-0.15, -0.1) is 11.3 Å². The summed E-state index contributed by atoms with van der Waals surface area (Å²) in [5, 5.41) is 17.0. The summed E-state index contributed by atoms with van der Waals surface area (Å²) in [4.78, 5) is 13.8. The van der Waals surface area contributed by atoms with Gasteiger partial charge in [0.05, 0.1) is 11.3 Å². The van der Waals surface area contributed by atoms with E-state index in [0.29, 0.717) is 33.5 Å². The van der Waals surface area contributed by atoms with Gasteiger partial charge in [0.25, 0.3) is 5.91 Å². The van der Waals surface area contributed by atoms with Crippen molar-refractivity contribution < 1.29 is 9.32 Å². The van der Waals surface area contributed by atoms with Gasteiger partial charge >= 0.3 is 0 Å². The number of hydrogen-bond donors (Lipinski definition) is 1. The van der Waals surface area contributed by atoms with Gasteiger partial charge in [-0.3, -0.25) is 4.79 Å². The maximum Gasteiger partial charge on any atom is 0.261 e. The number of nitrogens with zero attached hydrogens (tertiary/aromatic N) is 2. The van der Waals surface area contributed by atoms with E-state index in [-0.39, 0.29) is 11.3 Å². The minimum atomic E-state index is -0.265. The minimum Gasteiger partial charge on any atom is -0.361 e. The van der Waals surface area contributed by atoms with Gasteiger partial charge in [-0.25, -0.2) is 0 Å². The molecule has 0 fully saturated rings. The van der Waals surface area contributed by atoms with E-state index in [1.165, 1.54) is 16.2 Å². The second kappa shape index (κ2) is 6.30. The molecule has 132 valence electrons. The van der Waals surface area contributed by atoms with Crippen LogP contribution in [0.2, 0.25) is 0 Å². The molecule has 2 heterocycles. The average molecular weight is 357 g/mol. The highest BCUT2D eigenvalue weighted by molar-refractivity contribution is 7.16. The molecule has 1 aliphatic rings. The van der Waals surface area contributed by atoms with Crippen LogP contribution >= 0.6 is 11.3 Å². The summed E-state index contributed by atoms with van der Waals surface area (Å²) in [6.45, 7) is 10.3. The summed E-state index contributed by atoms with van der Waals surface area (Å²) in [6, 6.07) is 2.29. The van der Waals surface area contributed by atoms with Crippen LogP contribution in [0.25, 0.3) is 0 Å². The van der Waals surface area contributed by atoms with E-state index in [1.54, 1.807) is 13.8 Å². The van der Waals surface area contributed by atoms with E-state index in [1.807, 2.05) is 0 Å². The van der Waals surface area contributed by atoms with E-state index < -0.39 is 0 Å². The molecule has 25 heavy (non-hydrogen) atoms. The number of carbonyl (C=O) groups is 1. The van der Waals surface area contributed by atoms with Crippen molar-refractivity contribution in [3.05, 3.63) is 33.0 Å². The van der Waals surface area contributed by atoms with Crippen molar-refractivity contribution in [1.29, 1.82) is 5.26 Å². The molecule has 2 aromatic rings. The zero-order valence-corrected chi connectivity index (χ0v) is 16.1. The quantitative estimate of drug-likeness (QED) is 0.850. The topological polar surface area (TPSA) is 78.9 Å². The van der Waals surface area contributed by atoms with Crippen LogP contribution in [0, 0.1) is 36.5 Å². The van der Waals surface area contributed by atoms with Crippen molar-refractivity contribution in [1.82, 2.24) is 5.16 Å². The third kappa shape index (κ3) is 3.21. The fraction of sp³-hybridized carbons (Fsp3) is 0.526. The van der Waals surface area contributed by atoms with Gasteiger partial charge in [0, 0.05) is 4.88 Å². The highest BCUT2D eigenvalue weighted by atomic mass is 32.1. The fourth-order valence-corrected chi connectivity index (χ4v) is 4.78. The largest absolute Gasteiger partial charge is 0.361 e. The Labute approximate surface area is 152 Å².